The van der Waals surface area contributed by atoms with E-state index in [4.69, 9.17) is 10.5 Å². The van der Waals surface area contributed by atoms with Gasteiger partial charge in [0.1, 0.15) is 23.5 Å². The molecule has 2 aromatic rings. The maximum absolute atomic E-state index is 10.6. The fourth-order valence-corrected chi connectivity index (χ4v) is 2.00. The number of aromatic hydroxyl groups is 1. The predicted molar refractivity (Wildman–Crippen MR) is 88.4 cm³/mol. The number of nitro benzene ring substituents is 1. The van der Waals surface area contributed by atoms with E-state index in [1.54, 1.807) is 36.4 Å². The highest BCUT2D eigenvalue weighted by Gasteiger charge is 2.07. The highest BCUT2D eigenvalue weighted by atomic mass is 16.6. The molecule has 0 atom stereocenters. The zero-order chi connectivity index (χ0) is 17.5. The highest BCUT2D eigenvalue weighted by Crippen LogP contribution is 2.23. The summed E-state index contributed by atoms with van der Waals surface area (Å²) in [6, 6.07) is 15.7. The highest BCUT2D eigenvalue weighted by molar-refractivity contribution is 5.85. The van der Waals surface area contributed by atoms with E-state index in [1.807, 2.05) is 12.1 Å². The zero-order valence-corrected chi connectivity index (χ0v) is 12.4. The Labute approximate surface area is 138 Å². The van der Waals surface area contributed by atoms with Gasteiger partial charge in [0.05, 0.1) is 4.92 Å². The Morgan fingerprint density at radius 1 is 1.04 bits per heavy atom. The SMILES string of the molecule is N#CC(C#N)=C(/C=C/c1ccc([N+](=O)[O-])cc1)c1ccc(O)cc1. The topological polar surface area (TPSA) is 111 Å². The van der Waals surface area contributed by atoms with E-state index in [0.717, 1.165) is 0 Å². The second-order valence-corrected chi connectivity index (χ2v) is 4.74. The third-order valence-electron chi connectivity index (χ3n) is 3.22. The van der Waals surface area contributed by atoms with Crippen LogP contribution in [-0.2, 0) is 0 Å². The third kappa shape index (κ3) is 3.85. The molecule has 0 aromatic heterocycles. The largest absolute Gasteiger partial charge is 0.508 e. The summed E-state index contributed by atoms with van der Waals surface area (Å²) in [6.45, 7) is 0. The summed E-state index contributed by atoms with van der Waals surface area (Å²) < 4.78 is 0. The Balaban J connectivity index is 2.41. The van der Waals surface area contributed by atoms with Crippen LogP contribution in [0.15, 0.2) is 60.2 Å². The fraction of sp³-hybridized carbons (Fsp3) is 0. The maximum Gasteiger partial charge on any atom is 0.269 e. The van der Waals surface area contributed by atoms with E-state index >= 15 is 0 Å². The quantitative estimate of drug-likeness (QED) is 0.399. The van der Waals surface area contributed by atoms with Crippen LogP contribution in [0.3, 0.4) is 0 Å². The second kappa shape index (κ2) is 7.39. The van der Waals surface area contributed by atoms with Crippen molar-refractivity contribution in [1.82, 2.24) is 0 Å². The molecule has 6 nitrogen and oxygen atoms in total. The number of benzene rings is 2. The van der Waals surface area contributed by atoms with Crippen LogP contribution in [0.25, 0.3) is 11.6 Å². The van der Waals surface area contributed by atoms with Gasteiger partial charge in [0.25, 0.3) is 5.69 Å². The molecule has 0 amide bonds. The predicted octanol–water partition coefficient (Wildman–Crippen LogP) is 3.81. The number of phenols is 1. The van der Waals surface area contributed by atoms with Gasteiger partial charge in [-0.05, 0) is 35.4 Å². The first kappa shape index (κ1) is 16.5. The van der Waals surface area contributed by atoms with E-state index < -0.39 is 4.92 Å². The average molecular weight is 317 g/mol. The number of phenolic OH excluding ortho intramolecular Hbond substituents is 1. The van der Waals surface area contributed by atoms with Gasteiger partial charge in [-0.3, -0.25) is 10.1 Å². The number of hydrogen-bond acceptors (Lipinski definition) is 5. The summed E-state index contributed by atoms with van der Waals surface area (Å²) in [5.74, 6) is 0.0768. The van der Waals surface area contributed by atoms with Gasteiger partial charge in [0.15, 0.2) is 0 Å². The Morgan fingerprint density at radius 2 is 1.62 bits per heavy atom. The van der Waals surface area contributed by atoms with Crippen LogP contribution in [0.4, 0.5) is 5.69 Å². The Kier molecular flexibility index (Phi) is 5.07. The van der Waals surface area contributed by atoms with Crippen LogP contribution in [0.1, 0.15) is 11.1 Å². The number of non-ortho nitro benzene ring substituents is 1. The Bertz CT molecular complexity index is 881. The van der Waals surface area contributed by atoms with Crippen molar-refractivity contribution < 1.29 is 10.0 Å². The molecule has 6 heteroatoms. The number of allylic oxidation sites excluding steroid dienone is 3. The van der Waals surface area contributed by atoms with Crippen LogP contribution in [0.2, 0.25) is 0 Å². The average Bonchev–Trinajstić information content (AvgIpc) is 2.60. The van der Waals surface area contributed by atoms with Crippen molar-refractivity contribution in [2.24, 2.45) is 0 Å². The Morgan fingerprint density at radius 3 is 2.12 bits per heavy atom. The van der Waals surface area contributed by atoms with Gasteiger partial charge in [-0.25, -0.2) is 0 Å². The summed E-state index contributed by atoms with van der Waals surface area (Å²) in [6.07, 6.45) is 3.25. The van der Waals surface area contributed by atoms with Crippen molar-refractivity contribution in [3.63, 3.8) is 0 Å². The van der Waals surface area contributed by atoms with Gasteiger partial charge in [0.2, 0.25) is 0 Å². The van der Waals surface area contributed by atoms with Gasteiger partial charge >= 0.3 is 0 Å². The summed E-state index contributed by atoms with van der Waals surface area (Å²) in [5, 5.41) is 38.2. The standard InChI is InChI=1S/C18H11N3O3/c19-11-15(12-20)18(14-4-8-17(22)9-5-14)10-3-13-1-6-16(7-2-13)21(23)24/h1-10,22H/b10-3+. The molecule has 0 fully saturated rings. The molecular formula is C18H11N3O3. The van der Waals surface area contributed by atoms with Crippen LogP contribution >= 0.6 is 0 Å². The molecule has 0 saturated heterocycles. The van der Waals surface area contributed by atoms with Crippen molar-refractivity contribution in [3.05, 3.63) is 81.4 Å². The number of hydrogen-bond donors (Lipinski definition) is 1. The first-order chi connectivity index (χ1) is 11.5. The lowest BCUT2D eigenvalue weighted by Gasteiger charge is -2.03. The van der Waals surface area contributed by atoms with Crippen molar-refractivity contribution in [1.29, 1.82) is 10.5 Å². The molecule has 24 heavy (non-hydrogen) atoms. The molecule has 0 spiro atoms. The van der Waals surface area contributed by atoms with E-state index in [1.165, 1.54) is 24.3 Å². The van der Waals surface area contributed by atoms with Crippen molar-refractivity contribution >= 4 is 17.3 Å². The van der Waals surface area contributed by atoms with E-state index in [0.29, 0.717) is 16.7 Å². The van der Waals surface area contributed by atoms with Gasteiger partial charge in [-0.1, -0.05) is 24.3 Å². The number of nitriles is 2. The number of rotatable bonds is 4. The number of nitro groups is 1. The molecule has 0 saturated carbocycles. The van der Waals surface area contributed by atoms with Crippen molar-refractivity contribution in [2.45, 2.75) is 0 Å². The molecule has 2 rings (SSSR count). The smallest absolute Gasteiger partial charge is 0.269 e. The first-order valence-corrected chi connectivity index (χ1v) is 6.81. The maximum atomic E-state index is 10.6. The summed E-state index contributed by atoms with van der Waals surface area (Å²) in [5.41, 5.74) is 1.60. The molecular weight excluding hydrogens is 306 g/mol. The molecule has 0 heterocycles. The first-order valence-electron chi connectivity index (χ1n) is 6.81. The minimum Gasteiger partial charge on any atom is -0.508 e. The normalized spacial score (nSPS) is 9.92. The molecule has 0 radical (unpaired) electrons. The molecule has 2 aromatic carbocycles. The molecule has 0 aliphatic rings. The van der Waals surface area contributed by atoms with E-state index in [-0.39, 0.29) is 17.0 Å². The van der Waals surface area contributed by atoms with Crippen LogP contribution < -0.4 is 0 Å². The molecule has 0 unspecified atom stereocenters. The molecule has 0 aliphatic carbocycles. The summed E-state index contributed by atoms with van der Waals surface area (Å²) >= 11 is 0. The lowest BCUT2D eigenvalue weighted by molar-refractivity contribution is -0.384. The number of nitrogens with zero attached hydrogens (tertiary/aromatic N) is 3. The van der Waals surface area contributed by atoms with Crippen molar-refractivity contribution in [2.75, 3.05) is 0 Å². The van der Waals surface area contributed by atoms with E-state index in [2.05, 4.69) is 0 Å². The third-order valence-corrected chi connectivity index (χ3v) is 3.22. The van der Waals surface area contributed by atoms with Gasteiger partial charge in [-0.2, -0.15) is 10.5 Å². The van der Waals surface area contributed by atoms with Gasteiger partial charge < -0.3 is 5.11 Å². The minimum absolute atomic E-state index is 0.0174. The summed E-state index contributed by atoms with van der Waals surface area (Å²) in [7, 11) is 0. The molecule has 1 N–H and O–H groups in total. The van der Waals surface area contributed by atoms with Crippen molar-refractivity contribution in [3.8, 4) is 17.9 Å². The van der Waals surface area contributed by atoms with Gasteiger partial charge in [0, 0.05) is 17.7 Å². The lowest BCUT2D eigenvalue weighted by Crippen LogP contribution is -1.88. The minimum atomic E-state index is -0.487. The molecule has 116 valence electrons. The molecule has 0 aliphatic heterocycles. The zero-order valence-electron chi connectivity index (χ0n) is 12.4. The molecule has 0 bridgehead atoms. The van der Waals surface area contributed by atoms with Crippen LogP contribution in [0, 0.1) is 32.8 Å². The second-order valence-electron chi connectivity index (χ2n) is 4.74. The fourth-order valence-electron chi connectivity index (χ4n) is 2.00. The Hall–Kier alpha value is -3.90. The summed E-state index contributed by atoms with van der Waals surface area (Å²) in [4.78, 5) is 10.2. The lowest BCUT2D eigenvalue weighted by atomic mass is 9.99. The van der Waals surface area contributed by atoms with E-state index in [9.17, 15) is 15.2 Å². The van der Waals surface area contributed by atoms with Crippen LogP contribution in [0.5, 0.6) is 5.75 Å². The van der Waals surface area contributed by atoms with Gasteiger partial charge in [-0.15, -0.1) is 0 Å². The van der Waals surface area contributed by atoms with Crippen LogP contribution in [-0.4, -0.2) is 10.0 Å². The monoisotopic (exact) mass is 317 g/mol.